The molecule has 2 amide bonds. The summed E-state index contributed by atoms with van der Waals surface area (Å²) < 4.78 is 0. The molecule has 0 radical (unpaired) electrons. The fourth-order valence-electron chi connectivity index (χ4n) is 4.07. The van der Waals surface area contributed by atoms with Crippen LogP contribution in [-0.4, -0.2) is 43.5 Å². The number of hydrogen-bond donors (Lipinski definition) is 3. The van der Waals surface area contributed by atoms with Crippen molar-refractivity contribution in [2.45, 2.75) is 12.8 Å². The van der Waals surface area contributed by atoms with Crippen LogP contribution in [0.25, 0.3) is 21.5 Å². The maximum Gasteiger partial charge on any atom is 0.224 e. The highest BCUT2D eigenvalue weighted by molar-refractivity contribution is 5.91. The lowest BCUT2D eigenvalue weighted by Crippen LogP contribution is -2.37. The van der Waals surface area contributed by atoms with E-state index >= 15 is 0 Å². The molecule has 5 N–H and O–H groups in total. The van der Waals surface area contributed by atoms with Gasteiger partial charge in [-0.15, -0.1) is 12.4 Å². The summed E-state index contributed by atoms with van der Waals surface area (Å²) in [7, 11) is 0. The van der Waals surface area contributed by atoms with Gasteiger partial charge in [-0.3, -0.25) is 9.59 Å². The lowest BCUT2D eigenvalue weighted by atomic mass is 10.0. The summed E-state index contributed by atoms with van der Waals surface area (Å²) in [4.78, 5) is 24.6. The molecule has 4 rings (SSSR count). The van der Waals surface area contributed by atoms with Gasteiger partial charge in [-0.1, -0.05) is 84.9 Å². The smallest absolute Gasteiger partial charge is 0.224 e. The number of nitrogens with one attached hydrogen (secondary N) is 3. The second kappa shape index (κ2) is 14.1. The van der Waals surface area contributed by atoms with E-state index in [4.69, 9.17) is 0 Å². The maximum atomic E-state index is 12.3. The van der Waals surface area contributed by atoms with Crippen molar-refractivity contribution < 1.29 is 15.1 Å². The normalized spacial score (nSPS) is 10.3. The van der Waals surface area contributed by atoms with Gasteiger partial charge in [0.15, 0.2) is 0 Å². The Kier molecular flexibility index (Phi) is 11.2. The number of carbonyl (C=O) groups excluding carboxylic acids is 2. The first-order chi connectivity index (χ1) is 16.2. The number of amides is 2. The predicted octanol–water partition coefficient (Wildman–Crippen LogP) is 3.20. The van der Waals surface area contributed by atoms with E-state index in [9.17, 15) is 9.59 Å². The molecule has 0 bridgehead atoms. The molecule has 0 aliphatic heterocycles. The monoisotopic (exact) mass is 493 g/mol. The zero-order chi connectivity index (χ0) is 22.9. The van der Waals surface area contributed by atoms with Crippen molar-refractivity contribution in [1.29, 1.82) is 0 Å². The van der Waals surface area contributed by atoms with E-state index < -0.39 is 0 Å². The van der Waals surface area contributed by atoms with Crippen LogP contribution in [0.3, 0.4) is 0 Å². The van der Waals surface area contributed by atoms with E-state index in [0.717, 1.165) is 32.7 Å². The van der Waals surface area contributed by atoms with Crippen LogP contribution in [0.1, 0.15) is 11.1 Å². The number of fused-ring (bicyclic) bond motifs is 2. The molecule has 0 fully saturated rings. The van der Waals surface area contributed by atoms with Crippen LogP contribution in [0, 0.1) is 0 Å². The number of hydrogen-bond acceptors (Lipinski definition) is 3. The highest BCUT2D eigenvalue weighted by Gasteiger charge is 2.07. The Morgan fingerprint density at radius 1 is 0.543 bits per heavy atom. The minimum absolute atomic E-state index is 0. The summed E-state index contributed by atoms with van der Waals surface area (Å²) >= 11 is 0. The summed E-state index contributed by atoms with van der Waals surface area (Å²) in [5.41, 5.74) is 2.07. The van der Waals surface area contributed by atoms with Crippen molar-refractivity contribution in [2.24, 2.45) is 0 Å². The molecule has 0 spiro atoms. The summed E-state index contributed by atoms with van der Waals surface area (Å²) in [6, 6.07) is 28.3. The van der Waals surface area contributed by atoms with Crippen molar-refractivity contribution in [3.63, 3.8) is 0 Å². The number of carbonyl (C=O) groups is 2. The number of benzene rings is 4. The third-order valence-corrected chi connectivity index (χ3v) is 5.71. The van der Waals surface area contributed by atoms with Gasteiger partial charge in [0, 0.05) is 26.2 Å². The Morgan fingerprint density at radius 2 is 0.943 bits per heavy atom. The van der Waals surface area contributed by atoms with E-state index in [1.165, 1.54) is 0 Å². The summed E-state index contributed by atoms with van der Waals surface area (Å²) in [6.07, 6.45) is 0.733. The summed E-state index contributed by atoms with van der Waals surface area (Å²) in [6.45, 7) is 2.40. The molecular formula is C28H32ClN3O3. The molecule has 0 unspecified atom stereocenters. The summed E-state index contributed by atoms with van der Waals surface area (Å²) in [5.74, 6) is 0.0214. The minimum Gasteiger partial charge on any atom is -0.412 e. The van der Waals surface area contributed by atoms with E-state index in [-0.39, 0.29) is 29.7 Å². The zero-order valence-electron chi connectivity index (χ0n) is 19.6. The van der Waals surface area contributed by atoms with E-state index in [0.29, 0.717) is 39.0 Å². The fraction of sp³-hybridized carbons (Fsp3) is 0.214. The molecule has 4 aromatic carbocycles. The predicted molar refractivity (Wildman–Crippen MR) is 145 cm³/mol. The molecule has 7 heteroatoms. The molecule has 0 aromatic heterocycles. The van der Waals surface area contributed by atoms with Crippen molar-refractivity contribution in [2.75, 3.05) is 26.2 Å². The van der Waals surface area contributed by atoms with Crippen LogP contribution < -0.4 is 16.0 Å². The third-order valence-electron chi connectivity index (χ3n) is 5.71. The van der Waals surface area contributed by atoms with Crippen LogP contribution in [0.15, 0.2) is 84.9 Å². The van der Waals surface area contributed by atoms with Crippen molar-refractivity contribution in [1.82, 2.24) is 16.0 Å². The molecular weight excluding hydrogens is 462 g/mol. The Hall–Kier alpha value is -3.45. The molecule has 0 atom stereocenters. The Morgan fingerprint density at radius 3 is 1.40 bits per heavy atom. The van der Waals surface area contributed by atoms with Gasteiger partial charge in [-0.25, -0.2) is 0 Å². The Labute approximate surface area is 211 Å². The van der Waals surface area contributed by atoms with Crippen LogP contribution in [-0.2, 0) is 22.4 Å². The van der Waals surface area contributed by atoms with Gasteiger partial charge in [0.2, 0.25) is 11.8 Å². The van der Waals surface area contributed by atoms with Crippen molar-refractivity contribution >= 4 is 45.8 Å². The molecule has 184 valence electrons. The Balaban J connectivity index is 0.00000216. The third kappa shape index (κ3) is 7.79. The topological polar surface area (TPSA) is 102 Å². The molecule has 0 saturated carbocycles. The lowest BCUT2D eigenvalue weighted by Gasteiger charge is -2.10. The largest absolute Gasteiger partial charge is 0.412 e. The van der Waals surface area contributed by atoms with Gasteiger partial charge < -0.3 is 21.4 Å². The highest BCUT2D eigenvalue weighted by Crippen LogP contribution is 2.19. The number of halogens is 1. The molecule has 0 aliphatic rings. The maximum absolute atomic E-state index is 12.3. The quantitative estimate of drug-likeness (QED) is 0.296. The first-order valence-corrected chi connectivity index (χ1v) is 11.4. The SMILES string of the molecule is Cl.O.O=C(Cc1cccc2ccccc12)NCCNCCNC(=O)Cc1cccc2ccccc12. The van der Waals surface area contributed by atoms with Crippen LogP contribution in [0.5, 0.6) is 0 Å². The van der Waals surface area contributed by atoms with E-state index in [1.54, 1.807) is 0 Å². The van der Waals surface area contributed by atoms with Gasteiger partial charge in [-0.2, -0.15) is 0 Å². The second-order valence-electron chi connectivity index (χ2n) is 8.08. The fourth-order valence-corrected chi connectivity index (χ4v) is 4.07. The standard InChI is InChI=1S/C28H29N3O2.ClH.H2O/c32-27(19-23-11-5-9-21-7-1-3-13-25(21)23)30-17-15-29-16-18-31-28(33)20-24-12-6-10-22-8-2-4-14-26(22)24;;/h1-14,29H,15-20H2,(H,30,32)(H,31,33);1H;1H2. The molecule has 0 aliphatic carbocycles. The van der Waals surface area contributed by atoms with Crippen LogP contribution >= 0.6 is 12.4 Å². The van der Waals surface area contributed by atoms with Gasteiger partial charge in [0.05, 0.1) is 12.8 Å². The zero-order valence-corrected chi connectivity index (χ0v) is 20.4. The molecule has 0 saturated heterocycles. The second-order valence-corrected chi connectivity index (χ2v) is 8.08. The molecule has 4 aromatic rings. The van der Waals surface area contributed by atoms with Gasteiger partial charge in [0.1, 0.15) is 0 Å². The molecule has 6 nitrogen and oxygen atoms in total. The lowest BCUT2D eigenvalue weighted by molar-refractivity contribution is -0.121. The van der Waals surface area contributed by atoms with Gasteiger partial charge in [0.25, 0.3) is 0 Å². The van der Waals surface area contributed by atoms with Gasteiger partial charge >= 0.3 is 0 Å². The average Bonchev–Trinajstić information content (AvgIpc) is 2.84. The Bertz CT molecular complexity index is 1150. The first-order valence-electron chi connectivity index (χ1n) is 11.4. The first kappa shape index (κ1) is 27.8. The van der Waals surface area contributed by atoms with E-state index in [1.807, 2.05) is 60.7 Å². The van der Waals surface area contributed by atoms with Crippen LogP contribution in [0.4, 0.5) is 0 Å². The molecule has 35 heavy (non-hydrogen) atoms. The molecule has 0 heterocycles. The average molecular weight is 494 g/mol. The van der Waals surface area contributed by atoms with Crippen molar-refractivity contribution in [3.05, 3.63) is 96.1 Å². The van der Waals surface area contributed by atoms with Crippen LogP contribution in [0.2, 0.25) is 0 Å². The number of rotatable bonds is 10. The summed E-state index contributed by atoms with van der Waals surface area (Å²) in [5, 5.41) is 13.7. The minimum atomic E-state index is 0. The van der Waals surface area contributed by atoms with Crippen molar-refractivity contribution in [3.8, 4) is 0 Å². The van der Waals surface area contributed by atoms with E-state index in [2.05, 4.69) is 40.2 Å². The van der Waals surface area contributed by atoms with Gasteiger partial charge in [-0.05, 0) is 32.7 Å². The highest BCUT2D eigenvalue weighted by atomic mass is 35.5.